The molecule has 30 heavy (non-hydrogen) atoms. The van der Waals surface area contributed by atoms with Crippen LogP contribution in [-0.2, 0) is 11.3 Å². The van der Waals surface area contributed by atoms with Crippen molar-refractivity contribution in [3.05, 3.63) is 48.2 Å². The third kappa shape index (κ3) is 8.38. The van der Waals surface area contributed by atoms with E-state index in [2.05, 4.69) is 15.6 Å². The molecule has 166 valence electrons. The third-order valence-electron chi connectivity index (χ3n) is 4.89. The van der Waals surface area contributed by atoms with Gasteiger partial charge in [-0.25, -0.2) is 4.98 Å². The highest BCUT2D eigenvalue weighted by Crippen LogP contribution is 2.30. The largest absolute Gasteiger partial charge is 0.490 e. The molecule has 0 spiro atoms. The van der Waals surface area contributed by atoms with Crippen LogP contribution in [0.2, 0.25) is 0 Å². The number of aromatic nitrogens is 1. The van der Waals surface area contributed by atoms with Crippen LogP contribution in [0.1, 0.15) is 38.2 Å². The van der Waals surface area contributed by atoms with Gasteiger partial charge in [-0.2, -0.15) is 0 Å². The lowest BCUT2D eigenvalue weighted by Crippen LogP contribution is -2.29. The van der Waals surface area contributed by atoms with Crippen LogP contribution in [0.3, 0.4) is 0 Å². The molecule has 0 saturated carbocycles. The molecule has 6 nitrogen and oxygen atoms in total. The molecular formula is C22H31Cl2N3O3. The molecule has 1 aliphatic rings. The summed E-state index contributed by atoms with van der Waals surface area (Å²) in [6.07, 6.45) is 5.63. The number of hydrogen-bond acceptors (Lipinski definition) is 5. The molecule has 1 aromatic heterocycles. The summed E-state index contributed by atoms with van der Waals surface area (Å²) < 4.78 is 11.4. The Bertz CT molecular complexity index is 754. The van der Waals surface area contributed by atoms with E-state index in [-0.39, 0.29) is 30.7 Å². The average Bonchev–Trinajstić information content (AvgIpc) is 2.74. The lowest BCUT2D eigenvalue weighted by Gasteiger charge is -2.22. The van der Waals surface area contributed by atoms with Gasteiger partial charge in [0, 0.05) is 25.2 Å². The maximum atomic E-state index is 12.1. The van der Waals surface area contributed by atoms with Crippen molar-refractivity contribution in [1.29, 1.82) is 0 Å². The Morgan fingerprint density at radius 1 is 1.13 bits per heavy atom. The van der Waals surface area contributed by atoms with Crippen molar-refractivity contribution in [3.63, 3.8) is 0 Å². The van der Waals surface area contributed by atoms with Gasteiger partial charge >= 0.3 is 0 Å². The lowest BCUT2D eigenvalue weighted by molar-refractivity contribution is -0.121. The van der Waals surface area contributed by atoms with Crippen LogP contribution in [0.5, 0.6) is 17.4 Å². The second kappa shape index (κ2) is 14.1. The second-order valence-electron chi connectivity index (χ2n) is 7.00. The predicted octanol–water partition coefficient (Wildman–Crippen LogP) is 4.51. The Morgan fingerprint density at radius 3 is 2.53 bits per heavy atom. The van der Waals surface area contributed by atoms with E-state index in [1.165, 1.54) is 12.8 Å². The topological polar surface area (TPSA) is 72.5 Å². The monoisotopic (exact) mass is 455 g/mol. The summed E-state index contributed by atoms with van der Waals surface area (Å²) in [6, 6.07) is 11.2. The molecule has 0 radical (unpaired) electrons. The molecule has 0 unspecified atom stereocenters. The number of ether oxygens (including phenoxy) is 2. The fraction of sp³-hybridized carbons (Fsp3) is 0.455. The van der Waals surface area contributed by atoms with E-state index in [4.69, 9.17) is 9.47 Å². The highest BCUT2D eigenvalue weighted by Gasteiger charge is 2.14. The molecule has 1 aliphatic heterocycles. The molecule has 1 amide bonds. The van der Waals surface area contributed by atoms with E-state index in [0.717, 1.165) is 25.1 Å². The van der Waals surface area contributed by atoms with Gasteiger partial charge in [0.25, 0.3) is 0 Å². The van der Waals surface area contributed by atoms with E-state index in [0.29, 0.717) is 42.9 Å². The number of halogens is 2. The molecule has 2 heterocycles. The van der Waals surface area contributed by atoms with E-state index in [1.807, 2.05) is 37.3 Å². The van der Waals surface area contributed by atoms with Gasteiger partial charge in [0.2, 0.25) is 11.8 Å². The van der Waals surface area contributed by atoms with Crippen molar-refractivity contribution in [2.24, 2.45) is 5.92 Å². The van der Waals surface area contributed by atoms with Crippen molar-refractivity contribution in [3.8, 4) is 17.4 Å². The quantitative estimate of drug-likeness (QED) is 0.581. The van der Waals surface area contributed by atoms with E-state index in [9.17, 15) is 4.79 Å². The summed E-state index contributed by atoms with van der Waals surface area (Å²) in [5.41, 5.74) is 0.945. The zero-order valence-electron chi connectivity index (χ0n) is 17.3. The van der Waals surface area contributed by atoms with Crippen LogP contribution in [-0.4, -0.2) is 30.6 Å². The van der Waals surface area contributed by atoms with Gasteiger partial charge < -0.3 is 20.1 Å². The molecule has 0 atom stereocenters. The summed E-state index contributed by atoms with van der Waals surface area (Å²) >= 11 is 0. The number of amides is 1. The van der Waals surface area contributed by atoms with Gasteiger partial charge in [0.05, 0.1) is 6.61 Å². The first-order chi connectivity index (χ1) is 13.7. The molecule has 0 aliphatic carbocycles. The minimum atomic E-state index is 0. The Hall–Kier alpha value is -2.02. The van der Waals surface area contributed by atoms with E-state index < -0.39 is 0 Å². The number of piperidine rings is 1. The minimum absolute atomic E-state index is 0. The standard InChI is InChI=1S/C22H29N3O3.2ClH/c1-2-27-19-5-3-4-6-20(19)28-22-10-8-18(16-25-22)15-24-21(26)9-7-17-11-13-23-14-12-17;;/h3-6,8,10,16-17,23H,2,7,9,11-15H2,1H3,(H,24,26);2*1H. The van der Waals surface area contributed by atoms with Crippen LogP contribution in [0.25, 0.3) is 0 Å². The zero-order chi connectivity index (χ0) is 19.6. The average molecular weight is 456 g/mol. The SMILES string of the molecule is CCOc1ccccc1Oc1ccc(CNC(=O)CCC2CCNCC2)cn1.Cl.Cl. The molecule has 1 saturated heterocycles. The Kier molecular flexibility index (Phi) is 12.2. The Morgan fingerprint density at radius 2 is 1.87 bits per heavy atom. The first-order valence-electron chi connectivity index (χ1n) is 10.1. The van der Waals surface area contributed by atoms with Gasteiger partial charge in [-0.3, -0.25) is 4.79 Å². The molecule has 1 fully saturated rings. The smallest absolute Gasteiger partial charge is 0.220 e. The van der Waals surface area contributed by atoms with Crippen LogP contribution in [0.4, 0.5) is 0 Å². The highest BCUT2D eigenvalue weighted by atomic mass is 35.5. The molecular weight excluding hydrogens is 425 g/mol. The fourth-order valence-corrected chi connectivity index (χ4v) is 3.29. The predicted molar refractivity (Wildman–Crippen MR) is 123 cm³/mol. The third-order valence-corrected chi connectivity index (χ3v) is 4.89. The minimum Gasteiger partial charge on any atom is -0.490 e. The van der Waals surface area contributed by atoms with Crippen molar-refractivity contribution >= 4 is 30.7 Å². The summed E-state index contributed by atoms with van der Waals surface area (Å²) in [7, 11) is 0. The highest BCUT2D eigenvalue weighted by molar-refractivity contribution is 5.85. The number of rotatable bonds is 9. The van der Waals surface area contributed by atoms with Crippen molar-refractivity contribution in [2.75, 3.05) is 19.7 Å². The number of benzene rings is 1. The van der Waals surface area contributed by atoms with Crippen LogP contribution in [0, 0.1) is 5.92 Å². The number of hydrogen-bond donors (Lipinski definition) is 2. The van der Waals surface area contributed by atoms with E-state index in [1.54, 1.807) is 12.3 Å². The second-order valence-corrected chi connectivity index (χ2v) is 7.00. The summed E-state index contributed by atoms with van der Waals surface area (Å²) in [5.74, 6) is 2.59. The fourth-order valence-electron chi connectivity index (χ4n) is 3.29. The number of nitrogens with one attached hydrogen (secondary N) is 2. The van der Waals surface area contributed by atoms with E-state index >= 15 is 0 Å². The number of carbonyl (C=O) groups excluding carboxylic acids is 1. The summed E-state index contributed by atoms with van der Waals surface area (Å²) in [6.45, 7) is 5.13. The molecule has 1 aromatic carbocycles. The first-order valence-corrected chi connectivity index (χ1v) is 10.1. The van der Waals surface area contributed by atoms with Gasteiger partial charge in [-0.05, 0) is 62.9 Å². The summed E-state index contributed by atoms with van der Waals surface area (Å²) in [4.78, 5) is 16.4. The number of para-hydroxylation sites is 2. The van der Waals surface area contributed by atoms with Crippen molar-refractivity contribution < 1.29 is 14.3 Å². The molecule has 0 bridgehead atoms. The van der Waals surface area contributed by atoms with Gasteiger partial charge in [0.15, 0.2) is 11.5 Å². The number of nitrogens with zero attached hydrogens (tertiary/aromatic N) is 1. The number of carbonyl (C=O) groups is 1. The van der Waals surface area contributed by atoms with Gasteiger partial charge in [-0.1, -0.05) is 18.2 Å². The first kappa shape index (κ1) is 26.0. The maximum Gasteiger partial charge on any atom is 0.220 e. The zero-order valence-corrected chi connectivity index (χ0v) is 18.9. The maximum absolute atomic E-state index is 12.1. The molecule has 8 heteroatoms. The molecule has 2 aromatic rings. The Balaban J connectivity index is 0.00000225. The van der Waals surface area contributed by atoms with Crippen LogP contribution < -0.4 is 20.1 Å². The summed E-state index contributed by atoms with van der Waals surface area (Å²) in [5, 5.41) is 6.33. The van der Waals surface area contributed by atoms with Gasteiger partial charge in [0.1, 0.15) is 0 Å². The molecule has 2 N–H and O–H groups in total. The van der Waals surface area contributed by atoms with Crippen LogP contribution >= 0.6 is 24.8 Å². The number of pyridine rings is 1. The molecule has 3 rings (SSSR count). The van der Waals surface area contributed by atoms with Crippen molar-refractivity contribution in [2.45, 2.75) is 39.2 Å². The van der Waals surface area contributed by atoms with Gasteiger partial charge in [-0.15, -0.1) is 24.8 Å². The van der Waals surface area contributed by atoms with Crippen molar-refractivity contribution in [1.82, 2.24) is 15.6 Å². The normalized spacial score (nSPS) is 13.5. The Labute approximate surface area is 191 Å². The van der Waals surface area contributed by atoms with Crippen LogP contribution in [0.15, 0.2) is 42.6 Å². The lowest BCUT2D eigenvalue weighted by atomic mass is 9.93.